The predicted octanol–water partition coefficient (Wildman–Crippen LogP) is 1.95. The number of hydrogen-bond donors (Lipinski definition) is 2. The quantitative estimate of drug-likeness (QED) is 0.791. The number of carboxylic acid groups (broad SMARTS) is 1. The lowest BCUT2D eigenvalue weighted by Crippen LogP contribution is -2.44. The molecule has 0 bridgehead atoms. The summed E-state index contributed by atoms with van der Waals surface area (Å²) in [5.74, 6) is -1.23. The zero-order valence-corrected chi connectivity index (χ0v) is 14.9. The molecule has 0 radical (unpaired) electrons. The average Bonchev–Trinajstić information content (AvgIpc) is 3.08. The van der Waals surface area contributed by atoms with Crippen LogP contribution in [0.15, 0.2) is 21.3 Å². The van der Waals surface area contributed by atoms with Crippen LogP contribution in [-0.2, 0) is 22.4 Å². The number of amides is 1. The van der Waals surface area contributed by atoms with E-state index in [0.29, 0.717) is 16.9 Å². The number of hydrogen-bond acceptors (Lipinski definition) is 5. The summed E-state index contributed by atoms with van der Waals surface area (Å²) in [7, 11) is 0. The SMILES string of the molecule is Cc1c(O[C@H](C)C(=O)N[C@@H](C)C(=O)O)ccc2c3c(c(=O)oc12)CCC3. The Morgan fingerprint density at radius 3 is 2.62 bits per heavy atom. The van der Waals surface area contributed by atoms with Gasteiger partial charge in [0.15, 0.2) is 6.10 Å². The number of nitrogens with one attached hydrogen (secondary N) is 1. The molecule has 1 amide bonds. The molecule has 2 aromatic rings. The predicted molar refractivity (Wildman–Crippen MR) is 94.6 cm³/mol. The summed E-state index contributed by atoms with van der Waals surface area (Å²) >= 11 is 0. The van der Waals surface area contributed by atoms with Gasteiger partial charge in [-0.2, -0.15) is 0 Å². The molecule has 7 nitrogen and oxygen atoms in total. The first kappa shape index (κ1) is 18.0. The minimum atomic E-state index is -1.12. The molecule has 0 spiro atoms. The van der Waals surface area contributed by atoms with Crippen molar-refractivity contribution in [1.29, 1.82) is 0 Å². The van der Waals surface area contributed by atoms with Crippen molar-refractivity contribution in [1.82, 2.24) is 5.32 Å². The molecular weight excluding hydrogens is 338 g/mol. The van der Waals surface area contributed by atoms with Crippen LogP contribution in [-0.4, -0.2) is 29.1 Å². The molecule has 0 saturated carbocycles. The first-order valence-corrected chi connectivity index (χ1v) is 8.57. The highest BCUT2D eigenvalue weighted by molar-refractivity contribution is 5.88. The van der Waals surface area contributed by atoms with Gasteiger partial charge in [0.1, 0.15) is 17.4 Å². The Hall–Kier alpha value is -2.83. The van der Waals surface area contributed by atoms with Gasteiger partial charge in [0.05, 0.1) is 0 Å². The lowest BCUT2D eigenvalue weighted by molar-refractivity contribution is -0.142. The summed E-state index contributed by atoms with van der Waals surface area (Å²) in [4.78, 5) is 35.1. The number of fused-ring (bicyclic) bond motifs is 3. The van der Waals surface area contributed by atoms with Crippen LogP contribution in [0.3, 0.4) is 0 Å². The van der Waals surface area contributed by atoms with Crippen molar-refractivity contribution in [3.8, 4) is 5.75 Å². The van der Waals surface area contributed by atoms with Crippen molar-refractivity contribution in [3.05, 3.63) is 39.2 Å². The summed E-state index contributed by atoms with van der Waals surface area (Å²) in [6.07, 6.45) is 1.64. The lowest BCUT2D eigenvalue weighted by atomic mass is 10.0. The van der Waals surface area contributed by atoms with Gasteiger partial charge in [-0.05, 0) is 57.7 Å². The molecule has 26 heavy (non-hydrogen) atoms. The molecule has 0 unspecified atom stereocenters. The zero-order chi connectivity index (χ0) is 19.0. The smallest absolute Gasteiger partial charge is 0.339 e. The van der Waals surface area contributed by atoms with E-state index in [9.17, 15) is 14.4 Å². The van der Waals surface area contributed by atoms with E-state index >= 15 is 0 Å². The van der Waals surface area contributed by atoms with Gasteiger partial charge in [0.25, 0.3) is 5.91 Å². The van der Waals surface area contributed by atoms with Crippen LogP contribution < -0.4 is 15.7 Å². The minimum Gasteiger partial charge on any atom is -0.480 e. The highest BCUT2D eigenvalue weighted by Gasteiger charge is 2.24. The largest absolute Gasteiger partial charge is 0.480 e. The monoisotopic (exact) mass is 359 g/mol. The summed E-state index contributed by atoms with van der Waals surface area (Å²) in [6.45, 7) is 4.68. The Balaban J connectivity index is 1.89. The molecule has 3 rings (SSSR count). The van der Waals surface area contributed by atoms with E-state index in [-0.39, 0.29) is 5.63 Å². The molecule has 0 fully saturated rings. The van der Waals surface area contributed by atoms with E-state index in [1.807, 2.05) is 6.07 Å². The maximum Gasteiger partial charge on any atom is 0.339 e. The molecule has 1 aliphatic carbocycles. The molecule has 1 aromatic heterocycles. The summed E-state index contributed by atoms with van der Waals surface area (Å²) in [5, 5.41) is 12.1. The van der Waals surface area contributed by atoms with E-state index in [2.05, 4.69) is 5.32 Å². The molecule has 1 heterocycles. The molecule has 0 aliphatic heterocycles. The van der Waals surface area contributed by atoms with Gasteiger partial charge in [-0.3, -0.25) is 9.59 Å². The fraction of sp³-hybridized carbons (Fsp3) is 0.421. The maximum atomic E-state index is 12.2. The molecule has 2 atom stereocenters. The fourth-order valence-corrected chi connectivity index (χ4v) is 3.23. The number of benzene rings is 1. The van der Waals surface area contributed by atoms with Crippen molar-refractivity contribution in [2.75, 3.05) is 0 Å². The van der Waals surface area contributed by atoms with Crippen LogP contribution in [0.25, 0.3) is 11.0 Å². The van der Waals surface area contributed by atoms with E-state index in [0.717, 1.165) is 35.8 Å². The molecule has 7 heteroatoms. The summed E-state index contributed by atoms with van der Waals surface area (Å²) in [5.41, 5.74) is 2.58. The average molecular weight is 359 g/mol. The van der Waals surface area contributed by atoms with Crippen LogP contribution in [0.5, 0.6) is 5.75 Å². The van der Waals surface area contributed by atoms with Gasteiger partial charge in [-0.15, -0.1) is 0 Å². The van der Waals surface area contributed by atoms with Crippen LogP contribution in [0.2, 0.25) is 0 Å². The van der Waals surface area contributed by atoms with Crippen LogP contribution in [0.1, 0.15) is 37.0 Å². The lowest BCUT2D eigenvalue weighted by Gasteiger charge is -2.18. The van der Waals surface area contributed by atoms with Gasteiger partial charge in [-0.25, -0.2) is 4.79 Å². The maximum absolute atomic E-state index is 12.2. The van der Waals surface area contributed by atoms with E-state index in [4.69, 9.17) is 14.3 Å². The summed E-state index contributed by atoms with van der Waals surface area (Å²) in [6, 6.07) is 2.59. The van der Waals surface area contributed by atoms with Crippen LogP contribution in [0.4, 0.5) is 0 Å². The second-order valence-corrected chi connectivity index (χ2v) is 6.59. The van der Waals surface area contributed by atoms with Crippen molar-refractivity contribution in [3.63, 3.8) is 0 Å². The third kappa shape index (κ3) is 3.16. The van der Waals surface area contributed by atoms with E-state index in [1.165, 1.54) is 13.8 Å². The molecule has 138 valence electrons. The molecule has 1 aliphatic rings. The minimum absolute atomic E-state index is 0.314. The number of carbonyl (C=O) groups is 2. The number of carboxylic acids is 1. The third-order valence-electron chi connectivity index (χ3n) is 4.74. The van der Waals surface area contributed by atoms with Crippen molar-refractivity contribution < 1.29 is 23.8 Å². The van der Waals surface area contributed by atoms with E-state index in [1.54, 1.807) is 13.0 Å². The number of rotatable bonds is 5. The fourth-order valence-electron chi connectivity index (χ4n) is 3.23. The summed E-state index contributed by atoms with van der Waals surface area (Å²) < 4.78 is 11.2. The Morgan fingerprint density at radius 1 is 1.23 bits per heavy atom. The second-order valence-electron chi connectivity index (χ2n) is 6.59. The van der Waals surface area contributed by atoms with Crippen molar-refractivity contribution in [2.24, 2.45) is 0 Å². The third-order valence-corrected chi connectivity index (χ3v) is 4.74. The van der Waals surface area contributed by atoms with E-state index < -0.39 is 24.0 Å². The van der Waals surface area contributed by atoms with Gasteiger partial charge in [-0.1, -0.05) is 0 Å². The van der Waals surface area contributed by atoms with Gasteiger partial charge in [0, 0.05) is 16.5 Å². The number of carbonyl (C=O) groups excluding carboxylic acids is 1. The Morgan fingerprint density at radius 2 is 1.92 bits per heavy atom. The topological polar surface area (TPSA) is 106 Å². The Labute approximate surface area is 150 Å². The first-order valence-electron chi connectivity index (χ1n) is 8.57. The highest BCUT2D eigenvalue weighted by Crippen LogP contribution is 2.33. The number of ether oxygens (including phenoxy) is 1. The van der Waals surface area contributed by atoms with Crippen molar-refractivity contribution in [2.45, 2.75) is 52.2 Å². The van der Waals surface area contributed by atoms with Gasteiger partial charge >= 0.3 is 11.6 Å². The molecular formula is C19H21NO6. The zero-order valence-electron chi connectivity index (χ0n) is 14.9. The second kappa shape index (κ2) is 6.82. The molecule has 2 N–H and O–H groups in total. The molecule has 1 aromatic carbocycles. The highest BCUT2D eigenvalue weighted by atomic mass is 16.5. The Kier molecular flexibility index (Phi) is 4.71. The number of aryl methyl sites for hydroxylation is 2. The standard InChI is InChI=1S/C19H21NO6/c1-9-15(25-11(3)17(21)20-10(2)18(22)23)8-7-13-12-5-4-6-14(12)19(24)26-16(9)13/h7-8,10-11H,4-6H2,1-3H3,(H,20,21)(H,22,23)/t10-,11+/m0/s1. The normalized spacial score (nSPS) is 15.3. The molecule has 0 saturated heterocycles. The van der Waals surface area contributed by atoms with Crippen LogP contribution >= 0.6 is 0 Å². The first-order chi connectivity index (χ1) is 12.3. The number of aliphatic carboxylic acids is 1. The van der Waals surface area contributed by atoms with Crippen LogP contribution in [0, 0.1) is 6.92 Å². The van der Waals surface area contributed by atoms with Gasteiger partial charge in [0.2, 0.25) is 0 Å². The van der Waals surface area contributed by atoms with Crippen molar-refractivity contribution >= 4 is 22.8 Å². The Bertz CT molecular complexity index is 945. The van der Waals surface area contributed by atoms with Gasteiger partial charge < -0.3 is 19.6 Å².